The molecular weight excluding hydrogens is 476 g/mol. The summed E-state index contributed by atoms with van der Waals surface area (Å²) < 4.78 is 12.3. The third kappa shape index (κ3) is 4.16. The molecule has 4 saturated carbocycles. The molecule has 4 aliphatic carbocycles. The molecule has 4 fully saturated rings. The third-order valence-corrected chi connectivity index (χ3v) is 10.1. The smallest absolute Gasteiger partial charge is 0.142 e. The van der Waals surface area contributed by atoms with Crippen molar-refractivity contribution in [3.05, 3.63) is 58.7 Å². The van der Waals surface area contributed by atoms with Crippen molar-refractivity contribution in [3.63, 3.8) is 0 Å². The van der Waals surface area contributed by atoms with Crippen LogP contribution in [0.4, 0.5) is 0 Å². The van der Waals surface area contributed by atoms with Gasteiger partial charge in [0.15, 0.2) is 0 Å². The summed E-state index contributed by atoms with van der Waals surface area (Å²) >= 11 is 0. The van der Waals surface area contributed by atoms with Crippen LogP contribution in [0.5, 0.6) is 11.5 Å². The number of aliphatic hydroxyl groups is 2. The SMILES string of the molecule is CC(O)CN1COc2ccc(C3(c4ccc5c(c4)CN(CC(C)O)CO5)C4CC5CC(C4)CC3C5)cc2C1. The Kier molecular flexibility index (Phi) is 6.23. The van der Waals surface area contributed by atoms with Crippen molar-refractivity contribution in [3.8, 4) is 11.5 Å². The molecule has 6 heteroatoms. The number of aliphatic hydroxyl groups excluding tert-OH is 2. The van der Waals surface area contributed by atoms with E-state index in [4.69, 9.17) is 9.47 Å². The van der Waals surface area contributed by atoms with Crippen molar-refractivity contribution in [2.75, 3.05) is 26.6 Å². The van der Waals surface area contributed by atoms with Gasteiger partial charge in [0.25, 0.3) is 0 Å². The minimum absolute atomic E-state index is 0.0105. The van der Waals surface area contributed by atoms with E-state index in [-0.39, 0.29) is 17.6 Å². The maximum atomic E-state index is 9.98. The molecule has 8 rings (SSSR count). The molecular formula is C32H42N2O4. The number of nitrogens with zero attached hydrogens (tertiary/aromatic N) is 2. The van der Waals surface area contributed by atoms with Gasteiger partial charge < -0.3 is 19.7 Å². The Labute approximate surface area is 226 Å². The molecule has 6 nitrogen and oxygen atoms in total. The van der Waals surface area contributed by atoms with Gasteiger partial charge in [0.1, 0.15) is 25.0 Å². The lowest BCUT2D eigenvalue weighted by Gasteiger charge is -2.62. The fourth-order valence-electron chi connectivity index (χ4n) is 9.12. The highest BCUT2D eigenvalue weighted by Crippen LogP contribution is 2.65. The Balaban J connectivity index is 1.31. The Morgan fingerprint density at radius 1 is 0.737 bits per heavy atom. The molecule has 4 bridgehead atoms. The summed E-state index contributed by atoms with van der Waals surface area (Å²) in [5.74, 6) is 5.06. The van der Waals surface area contributed by atoms with Crippen molar-refractivity contribution in [1.29, 1.82) is 0 Å². The Morgan fingerprint density at radius 3 is 1.61 bits per heavy atom. The van der Waals surface area contributed by atoms with E-state index >= 15 is 0 Å². The Bertz CT molecular complexity index is 1090. The maximum absolute atomic E-state index is 9.98. The maximum Gasteiger partial charge on any atom is 0.142 e. The molecule has 2 aromatic rings. The number of rotatable bonds is 6. The first-order valence-electron chi connectivity index (χ1n) is 14.7. The molecule has 0 spiro atoms. The zero-order chi connectivity index (χ0) is 26.0. The second kappa shape index (κ2) is 9.51. The monoisotopic (exact) mass is 518 g/mol. The van der Waals surface area contributed by atoms with E-state index in [0.29, 0.717) is 38.4 Å². The van der Waals surface area contributed by atoms with Gasteiger partial charge in [-0.3, -0.25) is 9.80 Å². The Hall–Kier alpha value is -2.12. The number of β-amino-alcohol motifs (C(OH)–C–C–N with tert-alkyl or cyclic N) is 2. The van der Waals surface area contributed by atoms with Crippen LogP contribution in [0.25, 0.3) is 0 Å². The highest BCUT2D eigenvalue weighted by molar-refractivity contribution is 5.51. The van der Waals surface area contributed by atoms with E-state index in [9.17, 15) is 10.2 Å². The molecule has 6 aliphatic rings. The first-order chi connectivity index (χ1) is 18.4. The van der Waals surface area contributed by atoms with E-state index in [1.165, 1.54) is 54.4 Å². The second-order valence-corrected chi connectivity index (χ2v) is 13.1. The predicted molar refractivity (Wildman–Crippen MR) is 146 cm³/mol. The van der Waals surface area contributed by atoms with Crippen LogP contribution in [0.15, 0.2) is 36.4 Å². The summed E-state index contributed by atoms with van der Waals surface area (Å²) in [7, 11) is 0. The minimum atomic E-state index is -0.370. The second-order valence-electron chi connectivity index (χ2n) is 13.1. The zero-order valence-corrected chi connectivity index (χ0v) is 22.8. The highest BCUT2D eigenvalue weighted by Gasteiger charge is 2.58. The van der Waals surface area contributed by atoms with Crippen molar-refractivity contribution >= 4 is 0 Å². The summed E-state index contributed by atoms with van der Waals surface area (Å²) in [6, 6.07) is 14.0. The van der Waals surface area contributed by atoms with Gasteiger partial charge in [0.05, 0.1) is 12.2 Å². The topological polar surface area (TPSA) is 65.4 Å². The van der Waals surface area contributed by atoms with Crippen molar-refractivity contribution in [2.24, 2.45) is 23.7 Å². The Morgan fingerprint density at radius 2 is 1.18 bits per heavy atom. The summed E-state index contributed by atoms with van der Waals surface area (Å²) in [4.78, 5) is 4.40. The van der Waals surface area contributed by atoms with Crippen LogP contribution in [0.3, 0.4) is 0 Å². The van der Waals surface area contributed by atoms with Crippen LogP contribution in [-0.4, -0.2) is 58.8 Å². The molecule has 2 aromatic carbocycles. The zero-order valence-electron chi connectivity index (χ0n) is 22.8. The number of fused-ring (bicyclic) bond motifs is 2. The average Bonchev–Trinajstić information content (AvgIpc) is 2.87. The largest absolute Gasteiger partial charge is 0.478 e. The van der Waals surface area contributed by atoms with Gasteiger partial charge in [-0.25, -0.2) is 0 Å². The van der Waals surface area contributed by atoms with Crippen molar-refractivity contribution in [2.45, 2.75) is 76.7 Å². The molecule has 0 saturated heterocycles. The average molecular weight is 519 g/mol. The van der Waals surface area contributed by atoms with Crippen LogP contribution in [0.1, 0.15) is 68.2 Å². The van der Waals surface area contributed by atoms with Gasteiger partial charge >= 0.3 is 0 Å². The quantitative estimate of drug-likeness (QED) is 0.587. The van der Waals surface area contributed by atoms with Crippen LogP contribution < -0.4 is 9.47 Å². The number of hydrogen-bond donors (Lipinski definition) is 2. The van der Waals surface area contributed by atoms with Crippen LogP contribution in [0.2, 0.25) is 0 Å². The molecule has 2 unspecified atom stereocenters. The van der Waals surface area contributed by atoms with Gasteiger partial charge in [-0.1, -0.05) is 12.1 Å². The van der Waals surface area contributed by atoms with E-state index in [1.807, 2.05) is 13.8 Å². The van der Waals surface area contributed by atoms with Crippen LogP contribution in [-0.2, 0) is 18.5 Å². The highest BCUT2D eigenvalue weighted by atomic mass is 16.5. The molecule has 2 heterocycles. The molecule has 0 radical (unpaired) electrons. The lowest BCUT2D eigenvalue weighted by molar-refractivity contribution is -0.0421. The van der Waals surface area contributed by atoms with Crippen molar-refractivity contribution in [1.82, 2.24) is 9.80 Å². The van der Waals surface area contributed by atoms with E-state index < -0.39 is 0 Å². The lowest BCUT2D eigenvalue weighted by Crippen LogP contribution is -2.56. The van der Waals surface area contributed by atoms with E-state index in [0.717, 1.165) is 36.4 Å². The molecule has 2 N–H and O–H groups in total. The fourth-order valence-corrected chi connectivity index (χ4v) is 9.12. The van der Waals surface area contributed by atoms with Gasteiger partial charge in [-0.15, -0.1) is 0 Å². The lowest BCUT2D eigenvalue weighted by atomic mass is 9.42. The normalized spacial score (nSPS) is 33.7. The summed E-state index contributed by atoms with van der Waals surface area (Å²) in [6.07, 6.45) is 6.01. The van der Waals surface area contributed by atoms with Crippen LogP contribution in [0, 0.1) is 23.7 Å². The van der Waals surface area contributed by atoms with Gasteiger partial charge in [-0.2, -0.15) is 0 Å². The summed E-state index contributed by atoms with van der Waals surface area (Å²) in [5, 5.41) is 20.0. The van der Waals surface area contributed by atoms with E-state index in [1.54, 1.807) is 0 Å². The number of ether oxygens (including phenoxy) is 2. The predicted octanol–water partition coefficient (Wildman–Crippen LogP) is 4.49. The van der Waals surface area contributed by atoms with Crippen molar-refractivity contribution < 1.29 is 19.7 Å². The molecule has 0 amide bonds. The number of benzene rings is 2. The minimum Gasteiger partial charge on any atom is -0.478 e. The molecule has 38 heavy (non-hydrogen) atoms. The first-order valence-corrected chi connectivity index (χ1v) is 14.7. The summed E-state index contributed by atoms with van der Waals surface area (Å²) in [5.41, 5.74) is 5.39. The third-order valence-electron chi connectivity index (χ3n) is 10.1. The van der Waals surface area contributed by atoms with Gasteiger partial charge in [0, 0.05) is 42.7 Å². The van der Waals surface area contributed by atoms with Gasteiger partial charge in [0.2, 0.25) is 0 Å². The molecule has 204 valence electrons. The summed E-state index contributed by atoms with van der Waals surface area (Å²) in [6.45, 7) is 7.63. The fraction of sp³-hybridized carbons (Fsp3) is 0.625. The van der Waals surface area contributed by atoms with E-state index in [2.05, 4.69) is 46.2 Å². The first kappa shape index (κ1) is 24.9. The molecule has 2 atom stereocenters. The molecule has 0 aromatic heterocycles. The standard InChI is InChI=1S/C32H42N2O4/c1-20(35)14-33-16-24-12-26(3-5-30(24)37-18-33)32(28-8-22-7-23(10-28)11-29(32)9-22)27-4-6-31-25(13-27)17-34(19-38-31)15-21(2)36/h3-6,12-13,20-23,28-29,35-36H,7-11,14-19H2,1-2H3. The number of hydrogen-bond acceptors (Lipinski definition) is 6. The van der Waals surface area contributed by atoms with Crippen LogP contribution >= 0.6 is 0 Å². The van der Waals surface area contributed by atoms with Gasteiger partial charge in [-0.05, 0) is 105 Å². The molecule has 2 aliphatic heterocycles.